The predicted octanol–water partition coefficient (Wildman–Crippen LogP) is 1.53. The van der Waals surface area contributed by atoms with Gasteiger partial charge in [-0.1, -0.05) is 20.3 Å². The maximum atomic E-state index is 6.25. The summed E-state index contributed by atoms with van der Waals surface area (Å²) in [5, 5.41) is 0. The van der Waals surface area contributed by atoms with Crippen LogP contribution in [0.1, 0.15) is 39.5 Å². The third-order valence-electron chi connectivity index (χ3n) is 4.75. The van der Waals surface area contributed by atoms with Gasteiger partial charge in [0.05, 0.1) is 0 Å². The van der Waals surface area contributed by atoms with Crippen molar-refractivity contribution in [2.24, 2.45) is 11.7 Å². The molecule has 0 radical (unpaired) electrons. The molecular weight excluding hydrogens is 210 g/mol. The SMILES string of the molecule is CCC(C)C(N)CN1CCC(N2CCCC2)C1. The molecule has 3 unspecified atom stereocenters. The molecule has 0 bridgehead atoms. The van der Waals surface area contributed by atoms with E-state index in [-0.39, 0.29) is 0 Å². The van der Waals surface area contributed by atoms with Crippen LogP contribution in [0.2, 0.25) is 0 Å². The van der Waals surface area contributed by atoms with E-state index in [1.807, 2.05) is 0 Å². The summed E-state index contributed by atoms with van der Waals surface area (Å²) in [7, 11) is 0. The van der Waals surface area contributed by atoms with Crippen LogP contribution < -0.4 is 5.73 Å². The van der Waals surface area contributed by atoms with Gasteiger partial charge >= 0.3 is 0 Å². The first-order chi connectivity index (χ1) is 8.20. The van der Waals surface area contributed by atoms with E-state index in [1.54, 1.807) is 0 Å². The van der Waals surface area contributed by atoms with Crippen LogP contribution in [0.15, 0.2) is 0 Å². The largest absolute Gasteiger partial charge is 0.326 e. The minimum Gasteiger partial charge on any atom is -0.326 e. The number of hydrogen-bond donors (Lipinski definition) is 1. The highest BCUT2D eigenvalue weighted by Crippen LogP contribution is 2.21. The van der Waals surface area contributed by atoms with Gasteiger partial charge in [0.25, 0.3) is 0 Å². The minimum atomic E-state index is 0.359. The quantitative estimate of drug-likeness (QED) is 0.790. The standard InChI is InChI=1S/C14H29N3/c1-3-12(2)14(15)11-16-9-6-13(10-16)17-7-4-5-8-17/h12-14H,3-11,15H2,1-2H3. The van der Waals surface area contributed by atoms with E-state index >= 15 is 0 Å². The number of nitrogens with two attached hydrogens (primary N) is 1. The molecule has 3 heteroatoms. The molecule has 0 aromatic carbocycles. The van der Waals surface area contributed by atoms with Gasteiger partial charge in [-0.05, 0) is 44.8 Å². The number of rotatable bonds is 5. The Bertz CT molecular complexity index is 226. The first-order valence-electron chi connectivity index (χ1n) is 7.42. The second-order valence-corrected chi connectivity index (χ2v) is 5.99. The van der Waals surface area contributed by atoms with E-state index in [0.717, 1.165) is 12.6 Å². The van der Waals surface area contributed by atoms with E-state index in [4.69, 9.17) is 5.73 Å². The zero-order chi connectivity index (χ0) is 12.3. The van der Waals surface area contributed by atoms with Crippen LogP contribution in [0.5, 0.6) is 0 Å². The van der Waals surface area contributed by atoms with Gasteiger partial charge in [0.1, 0.15) is 0 Å². The topological polar surface area (TPSA) is 32.5 Å². The highest BCUT2D eigenvalue weighted by molar-refractivity contribution is 4.87. The van der Waals surface area contributed by atoms with Crippen LogP contribution in [0.4, 0.5) is 0 Å². The molecule has 2 fully saturated rings. The molecule has 3 nitrogen and oxygen atoms in total. The smallest absolute Gasteiger partial charge is 0.0235 e. The fraction of sp³-hybridized carbons (Fsp3) is 1.00. The van der Waals surface area contributed by atoms with Crippen molar-refractivity contribution >= 4 is 0 Å². The van der Waals surface area contributed by atoms with Crippen molar-refractivity contribution in [3.05, 3.63) is 0 Å². The van der Waals surface area contributed by atoms with Gasteiger partial charge in [0, 0.05) is 25.2 Å². The summed E-state index contributed by atoms with van der Waals surface area (Å²) in [6.07, 6.45) is 5.36. The van der Waals surface area contributed by atoms with Crippen molar-refractivity contribution in [1.82, 2.24) is 9.80 Å². The summed E-state index contributed by atoms with van der Waals surface area (Å²) in [6.45, 7) is 10.8. The van der Waals surface area contributed by atoms with Crippen LogP contribution in [0.3, 0.4) is 0 Å². The Labute approximate surface area is 106 Å². The molecule has 0 amide bonds. The molecule has 2 saturated heterocycles. The van der Waals surface area contributed by atoms with Gasteiger partial charge in [-0.2, -0.15) is 0 Å². The molecule has 0 aromatic rings. The lowest BCUT2D eigenvalue weighted by molar-refractivity contribution is 0.219. The Kier molecular flexibility index (Phi) is 4.83. The second kappa shape index (κ2) is 6.17. The summed E-state index contributed by atoms with van der Waals surface area (Å²) in [4.78, 5) is 5.27. The zero-order valence-electron chi connectivity index (χ0n) is 11.6. The maximum absolute atomic E-state index is 6.25. The summed E-state index contributed by atoms with van der Waals surface area (Å²) < 4.78 is 0. The van der Waals surface area contributed by atoms with E-state index in [1.165, 1.54) is 51.9 Å². The Morgan fingerprint density at radius 3 is 2.59 bits per heavy atom. The fourth-order valence-electron chi connectivity index (χ4n) is 3.16. The molecule has 0 spiro atoms. The van der Waals surface area contributed by atoms with Gasteiger partial charge in [0.15, 0.2) is 0 Å². The lowest BCUT2D eigenvalue weighted by Gasteiger charge is -2.26. The van der Waals surface area contributed by atoms with Crippen LogP contribution in [-0.4, -0.2) is 54.6 Å². The summed E-state index contributed by atoms with van der Waals surface area (Å²) in [5.74, 6) is 0.654. The average molecular weight is 239 g/mol. The Hall–Kier alpha value is -0.120. The highest BCUT2D eigenvalue weighted by atomic mass is 15.3. The lowest BCUT2D eigenvalue weighted by atomic mass is 10.00. The van der Waals surface area contributed by atoms with E-state index < -0.39 is 0 Å². The molecule has 2 aliphatic rings. The van der Waals surface area contributed by atoms with Gasteiger partial charge in [-0.3, -0.25) is 4.90 Å². The molecule has 0 aliphatic carbocycles. The van der Waals surface area contributed by atoms with Crippen LogP contribution >= 0.6 is 0 Å². The van der Waals surface area contributed by atoms with Gasteiger partial charge in [-0.25, -0.2) is 0 Å². The molecule has 100 valence electrons. The normalized spacial score (nSPS) is 30.9. The van der Waals surface area contributed by atoms with E-state index in [2.05, 4.69) is 23.6 Å². The number of nitrogens with zero attached hydrogens (tertiary/aromatic N) is 2. The molecule has 3 atom stereocenters. The molecule has 0 saturated carbocycles. The van der Waals surface area contributed by atoms with Crippen molar-refractivity contribution in [1.29, 1.82) is 0 Å². The average Bonchev–Trinajstić information content (AvgIpc) is 2.97. The molecule has 0 aromatic heterocycles. The molecule has 2 heterocycles. The lowest BCUT2D eigenvalue weighted by Crippen LogP contribution is -2.42. The molecular formula is C14H29N3. The Balaban J connectivity index is 1.73. The molecule has 17 heavy (non-hydrogen) atoms. The monoisotopic (exact) mass is 239 g/mol. The van der Waals surface area contributed by atoms with Crippen LogP contribution in [0, 0.1) is 5.92 Å². The minimum absolute atomic E-state index is 0.359. The number of likely N-dealkylation sites (tertiary alicyclic amines) is 2. The zero-order valence-corrected chi connectivity index (χ0v) is 11.6. The van der Waals surface area contributed by atoms with E-state index in [0.29, 0.717) is 12.0 Å². The molecule has 2 rings (SSSR count). The van der Waals surface area contributed by atoms with Crippen molar-refractivity contribution in [2.45, 2.75) is 51.6 Å². The fourth-order valence-corrected chi connectivity index (χ4v) is 3.16. The van der Waals surface area contributed by atoms with Crippen molar-refractivity contribution < 1.29 is 0 Å². The van der Waals surface area contributed by atoms with Crippen LogP contribution in [-0.2, 0) is 0 Å². The van der Waals surface area contributed by atoms with Gasteiger partial charge in [0.2, 0.25) is 0 Å². The summed E-state index contributed by atoms with van der Waals surface area (Å²) in [5.41, 5.74) is 6.25. The second-order valence-electron chi connectivity index (χ2n) is 5.99. The third kappa shape index (κ3) is 3.43. The van der Waals surface area contributed by atoms with E-state index in [9.17, 15) is 0 Å². The van der Waals surface area contributed by atoms with Gasteiger partial charge in [-0.15, -0.1) is 0 Å². The molecule has 2 aliphatic heterocycles. The van der Waals surface area contributed by atoms with Gasteiger partial charge < -0.3 is 10.6 Å². The summed E-state index contributed by atoms with van der Waals surface area (Å²) in [6, 6.07) is 1.18. The number of hydrogen-bond acceptors (Lipinski definition) is 3. The van der Waals surface area contributed by atoms with Crippen LogP contribution in [0.25, 0.3) is 0 Å². The highest BCUT2D eigenvalue weighted by Gasteiger charge is 2.30. The predicted molar refractivity (Wildman–Crippen MR) is 73.1 cm³/mol. The first kappa shape index (κ1) is 13.3. The van der Waals surface area contributed by atoms with Crippen molar-refractivity contribution in [3.8, 4) is 0 Å². The Morgan fingerprint density at radius 1 is 1.24 bits per heavy atom. The maximum Gasteiger partial charge on any atom is 0.0235 e. The first-order valence-corrected chi connectivity index (χ1v) is 7.42. The van der Waals surface area contributed by atoms with Crippen molar-refractivity contribution in [3.63, 3.8) is 0 Å². The summed E-state index contributed by atoms with van der Waals surface area (Å²) >= 11 is 0. The van der Waals surface area contributed by atoms with Crippen molar-refractivity contribution in [2.75, 3.05) is 32.7 Å². The third-order valence-corrected chi connectivity index (χ3v) is 4.75. The Morgan fingerprint density at radius 2 is 1.94 bits per heavy atom. The molecule has 2 N–H and O–H groups in total.